The molecule has 0 heterocycles. The topological polar surface area (TPSA) is 161 Å². The Kier molecular flexibility index (Phi) is 15.7. The van der Waals surface area contributed by atoms with Crippen LogP contribution in [0.5, 0.6) is 0 Å². The van der Waals surface area contributed by atoms with Gasteiger partial charge in [0.15, 0.2) is 0 Å². The van der Waals surface area contributed by atoms with Crippen molar-refractivity contribution in [3.63, 3.8) is 0 Å². The van der Waals surface area contributed by atoms with Gasteiger partial charge in [0.05, 0.1) is 0 Å². The minimum absolute atomic E-state index is 0. The number of hydrogen-bond donors (Lipinski definition) is 0. The summed E-state index contributed by atoms with van der Waals surface area (Å²) >= 11 is 0. The van der Waals surface area contributed by atoms with Crippen LogP contribution in [0, 0.1) is 0 Å². The van der Waals surface area contributed by atoms with Crippen LogP contribution >= 0.6 is 0 Å². The predicted molar refractivity (Wildman–Crippen MR) is 33.9 cm³/mol. The van der Waals surface area contributed by atoms with E-state index in [1.807, 2.05) is 0 Å². The Morgan fingerprint density at radius 2 is 0.667 bits per heavy atom. The van der Waals surface area contributed by atoms with Crippen LogP contribution in [0.1, 0.15) is 0 Å². The Balaban J connectivity index is -0.0000000457. The van der Waals surface area contributed by atoms with E-state index < -0.39 is 20.8 Å². The molecule has 0 atom stereocenters. The molecule has 0 bridgehead atoms. The average Bonchev–Trinajstić information content (AvgIpc) is 1.12. The third-order valence-corrected chi connectivity index (χ3v) is 0. The van der Waals surface area contributed by atoms with Crippen molar-refractivity contribution in [2.24, 2.45) is 0 Å². The molecule has 0 N–H and O–H groups in total. The van der Waals surface area contributed by atoms with Crippen molar-refractivity contribution in [2.45, 2.75) is 0 Å². The van der Waals surface area contributed by atoms with Gasteiger partial charge in [0.2, 0.25) is 0 Å². The molecule has 0 aliphatic carbocycles. The summed E-state index contributed by atoms with van der Waals surface area (Å²) in [6.07, 6.45) is 0. The summed E-state index contributed by atoms with van der Waals surface area (Å²) in [7, 11) is -10.3. The van der Waals surface area contributed by atoms with Gasteiger partial charge in [-0.3, -0.25) is 16.8 Å². The average molecular weight is 284 g/mol. The molecule has 0 aromatic rings. The smallest absolute Gasteiger partial charge is 0.759 e. The third-order valence-electron chi connectivity index (χ3n) is 0. The Morgan fingerprint density at radius 3 is 0.667 bits per heavy atom. The molecule has 0 rings (SSSR count). The van der Waals surface area contributed by atoms with Gasteiger partial charge in [-0.25, -0.2) is 13.5 Å². The quantitative estimate of drug-likeness (QED) is 0.249. The van der Waals surface area contributed by atoms with Crippen LogP contribution in [0.15, 0.2) is 0 Å². The van der Waals surface area contributed by atoms with Crippen molar-refractivity contribution < 1.29 is 52.1 Å². The van der Waals surface area contributed by atoms with E-state index >= 15 is 0 Å². The van der Waals surface area contributed by atoms with Crippen LogP contribution in [-0.2, 0) is 51.4 Å². The molecule has 0 saturated carbocycles. The molecule has 12 heteroatoms. The van der Waals surface area contributed by atoms with Crippen molar-refractivity contribution in [1.82, 2.24) is 0 Å². The summed E-state index contributed by atoms with van der Waals surface area (Å²) in [6.45, 7) is 0. The summed E-state index contributed by atoms with van der Waals surface area (Å²) in [5.41, 5.74) is 0. The SMILES string of the molecule is O=S(=O)([O-])[O-].O=S(=O)([O-])[O-].[Fe+2].[SH4+2]. The predicted octanol–water partition coefficient (Wildman–Crippen LogP) is -3.75. The van der Waals surface area contributed by atoms with Gasteiger partial charge in [0, 0.05) is 20.8 Å². The second kappa shape index (κ2) is 8.22. The minimum Gasteiger partial charge on any atom is -0.759 e. The van der Waals surface area contributed by atoms with Crippen molar-refractivity contribution in [1.29, 1.82) is 0 Å². The van der Waals surface area contributed by atoms with Gasteiger partial charge in [-0.2, -0.15) is 0 Å². The first-order valence-electron chi connectivity index (χ1n) is 1.33. The zero-order valence-electron chi connectivity index (χ0n) is 5.14. The van der Waals surface area contributed by atoms with Crippen LogP contribution in [0.4, 0.5) is 0 Å². The molecule has 0 aliphatic heterocycles. The van der Waals surface area contributed by atoms with Crippen LogP contribution in [0.25, 0.3) is 0 Å². The summed E-state index contributed by atoms with van der Waals surface area (Å²) < 4.78 is 68.2. The largest absolute Gasteiger partial charge is 2.00 e. The maximum absolute atomic E-state index is 8.52. The molecule has 0 saturated heterocycles. The van der Waals surface area contributed by atoms with Gasteiger partial charge in [0.25, 0.3) is 0 Å². The summed E-state index contributed by atoms with van der Waals surface area (Å²) in [6, 6.07) is 0. The molecule has 0 aromatic carbocycles. The molecule has 0 fully saturated rings. The van der Waals surface area contributed by atoms with Gasteiger partial charge in [-0.1, -0.05) is 0 Å². The van der Waals surface area contributed by atoms with Crippen molar-refractivity contribution in [2.75, 3.05) is 0 Å². The van der Waals surface area contributed by atoms with E-state index in [9.17, 15) is 0 Å². The molecule has 78 valence electrons. The van der Waals surface area contributed by atoms with Gasteiger partial charge in [-0.15, -0.1) is 0 Å². The molecule has 0 spiro atoms. The molecule has 0 amide bonds. The number of hydrogen-bond acceptors (Lipinski definition) is 8. The molecular weight excluding hydrogens is 280 g/mol. The standard InChI is InChI=1S/Fe.2H2O4S.H4S/c;2*1-5(2,3)4;/h;2*(H2,1,2,3,4);1H4/q+2;;;+2/p-4. The molecule has 0 unspecified atom stereocenters. The molecule has 0 radical (unpaired) electrons. The van der Waals surface area contributed by atoms with Crippen molar-refractivity contribution >= 4 is 34.3 Å². The van der Waals surface area contributed by atoms with E-state index in [0.29, 0.717) is 0 Å². The monoisotopic (exact) mass is 284 g/mol. The van der Waals surface area contributed by atoms with Gasteiger partial charge in [-0.05, 0) is 0 Å². The van der Waals surface area contributed by atoms with Crippen LogP contribution < -0.4 is 0 Å². The molecule has 8 nitrogen and oxygen atoms in total. The first kappa shape index (κ1) is 22.9. The van der Waals surface area contributed by atoms with E-state index in [-0.39, 0.29) is 30.6 Å². The van der Waals surface area contributed by atoms with E-state index in [1.165, 1.54) is 0 Å². The molecular formula is H4FeO8S3. The zero-order valence-corrected chi connectivity index (χ0v) is 9.29. The fourth-order valence-electron chi connectivity index (χ4n) is 0. The Bertz CT molecular complexity index is 211. The Labute approximate surface area is 86.4 Å². The van der Waals surface area contributed by atoms with E-state index in [4.69, 9.17) is 35.0 Å². The molecule has 12 heavy (non-hydrogen) atoms. The summed E-state index contributed by atoms with van der Waals surface area (Å²) in [5, 5.41) is 0. The Morgan fingerprint density at radius 1 is 0.667 bits per heavy atom. The second-order valence-electron chi connectivity index (χ2n) is 0.816. The summed E-state index contributed by atoms with van der Waals surface area (Å²) in [4.78, 5) is 0. The fourth-order valence-corrected chi connectivity index (χ4v) is 0. The first-order chi connectivity index (χ1) is 4.00. The third kappa shape index (κ3) is 2640. The normalized spacial score (nSPS) is 9.67. The zero-order chi connectivity index (χ0) is 9.00. The van der Waals surface area contributed by atoms with Crippen LogP contribution in [-0.4, -0.2) is 35.0 Å². The van der Waals surface area contributed by atoms with E-state index in [2.05, 4.69) is 0 Å². The maximum atomic E-state index is 8.52. The van der Waals surface area contributed by atoms with Crippen LogP contribution in [0.3, 0.4) is 0 Å². The van der Waals surface area contributed by atoms with Crippen molar-refractivity contribution in [3.05, 3.63) is 0 Å². The van der Waals surface area contributed by atoms with Crippen LogP contribution in [0.2, 0.25) is 0 Å². The first-order valence-corrected chi connectivity index (χ1v) is 4.00. The van der Waals surface area contributed by atoms with Crippen molar-refractivity contribution in [3.8, 4) is 0 Å². The Hall–Kier alpha value is 0.609. The van der Waals surface area contributed by atoms with Gasteiger partial charge in [0.1, 0.15) is 0 Å². The molecule has 0 aromatic heterocycles. The molecule has 0 aliphatic rings. The number of rotatable bonds is 0. The fraction of sp³-hybridized carbons (Fsp3) is 0. The van der Waals surface area contributed by atoms with E-state index in [1.54, 1.807) is 0 Å². The van der Waals surface area contributed by atoms with Gasteiger partial charge >= 0.3 is 17.1 Å². The van der Waals surface area contributed by atoms with Gasteiger partial charge < -0.3 is 18.2 Å². The second-order valence-corrected chi connectivity index (χ2v) is 2.45. The minimum atomic E-state index is -5.17. The summed E-state index contributed by atoms with van der Waals surface area (Å²) in [5.74, 6) is 0. The van der Waals surface area contributed by atoms with E-state index in [0.717, 1.165) is 0 Å². The maximum Gasteiger partial charge on any atom is 2.00 e.